The first kappa shape index (κ1) is 11.4. The molecule has 18 heavy (non-hydrogen) atoms. The summed E-state index contributed by atoms with van der Waals surface area (Å²) in [7, 11) is 1.88. The number of aromatic nitrogens is 3. The van der Waals surface area contributed by atoms with Crippen molar-refractivity contribution in [1.29, 1.82) is 0 Å². The van der Waals surface area contributed by atoms with Crippen LogP contribution in [0.25, 0.3) is 0 Å². The molecule has 0 radical (unpaired) electrons. The molecule has 1 aliphatic carbocycles. The lowest BCUT2D eigenvalue weighted by molar-refractivity contribution is 0.0735. The van der Waals surface area contributed by atoms with Gasteiger partial charge in [-0.1, -0.05) is 0 Å². The van der Waals surface area contributed by atoms with E-state index in [9.17, 15) is 4.79 Å². The van der Waals surface area contributed by atoms with Gasteiger partial charge in [0.15, 0.2) is 0 Å². The normalized spacial score (nSPS) is 14.7. The van der Waals surface area contributed by atoms with Crippen molar-refractivity contribution in [3.05, 3.63) is 35.1 Å². The molecule has 0 saturated heterocycles. The van der Waals surface area contributed by atoms with Gasteiger partial charge in [-0.2, -0.15) is 5.10 Å². The van der Waals surface area contributed by atoms with E-state index in [1.165, 1.54) is 11.5 Å². The van der Waals surface area contributed by atoms with Gasteiger partial charge in [-0.05, 0) is 30.4 Å². The Balaban J connectivity index is 1.78. The summed E-state index contributed by atoms with van der Waals surface area (Å²) in [6.45, 7) is 0.634. The minimum absolute atomic E-state index is 0.0869. The second kappa shape index (κ2) is 4.53. The average Bonchev–Trinajstić information content (AvgIpc) is 2.89. The molecule has 0 aliphatic heterocycles. The molecule has 0 bridgehead atoms. The maximum atomic E-state index is 12.4. The lowest BCUT2D eigenvalue weighted by atomic mass is 10.3. The Morgan fingerprint density at radius 3 is 3.00 bits per heavy atom. The highest BCUT2D eigenvalue weighted by Gasteiger charge is 2.33. The number of amides is 1. The molecule has 1 saturated carbocycles. The second-order valence-corrected chi connectivity index (χ2v) is 5.40. The number of carbonyl (C=O) groups is 1. The number of hydrogen-bond acceptors (Lipinski definition) is 4. The SMILES string of the molecule is Cn1cc(CN(C(=O)c2ccns2)C2CC2)cn1. The summed E-state index contributed by atoms with van der Waals surface area (Å²) in [5.74, 6) is 0.0869. The zero-order valence-corrected chi connectivity index (χ0v) is 10.9. The third kappa shape index (κ3) is 2.28. The molecule has 5 nitrogen and oxygen atoms in total. The molecule has 0 atom stereocenters. The monoisotopic (exact) mass is 262 g/mol. The lowest BCUT2D eigenvalue weighted by Crippen LogP contribution is -2.31. The predicted octanol–water partition coefficient (Wildman–Crippen LogP) is 1.68. The Kier molecular flexibility index (Phi) is 2.87. The smallest absolute Gasteiger partial charge is 0.266 e. The Labute approximate surface area is 109 Å². The molecule has 2 aromatic heterocycles. The third-order valence-corrected chi connectivity index (χ3v) is 3.74. The van der Waals surface area contributed by atoms with Gasteiger partial charge in [0.1, 0.15) is 4.88 Å². The molecule has 1 aliphatic rings. The minimum Gasteiger partial charge on any atom is -0.330 e. The Morgan fingerprint density at radius 2 is 2.44 bits per heavy atom. The summed E-state index contributed by atoms with van der Waals surface area (Å²) in [6, 6.07) is 2.17. The van der Waals surface area contributed by atoms with Crippen LogP contribution in [-0.4, -0.2) is 31.0 Å². The Bertz CT molecular complexity index is 544. The fourth-order valence-electron chi connectivity index (χ4n) is 1.97. The molecule has 0 spiro atoms. The molecule has 2 aromatic rings. The van der Waals surface area contributed by atoms with Crippen LogP contribution in [0.15, 0.2) is 24.7 Å². The second-order valence-electron chi connectivity index (χ2n) is 4.56. The third-order valence-electron chi connectivity index (χ3n) is 3.01. The number of nitrogens with zero attached hydrogens (tertiary/aromatic N) is 4. The quantitative estimate of drug-likeness (QED) is 0.842. The first-order chi connectivity index (χ1) is 8.74. The van der Waals surface area contributed by atoms with Crippen molar-refractivity contribution in [2.45, 2.75) is 25.4 Å². The standard InChI is InChI=1S/C12H14N4OS/c1-15-7-9(6-13-15)8-16(10-2-3-10)12(17)11-4-5-14-18-11/h4-7,10H,2-3,8H2,1H3. The lowest BCUT2D eigenvalue weighted by Gasteiger charge is -2.20. The van der Waals surface area contributed by atoms with Crippen LogP contribution in [-0.2, 0) is 13.6 Å². The van der Waals surface area contributed by atoms with Gasteiger partial charge < -0.3 is 4.90 Å². The molecule has 0 N–H and O–H groups in total. The molecule has 1 amide bonds. The summed E-state index contributed by atoms with van der Waals surface area (Å²) >= 11 is 1.26. The van der Waals surface area contributed by atoms with Crippen molar-refractivity contribution in [2.75, 3.05) is 0 Å². The van der Waals surface area contributed by atoms with E-state index in [1.54, 1.807) is 16.9 Å². The summed E-state index contributed by atoms with van der Waals surface area (Å²) in [5, 5.41) is 4.14. The summed E-state index contributed by atoms with van der Waals surface area (Å²) in [4.78, 5) is 15.0. The first-order valence-corrected chi connectivity index (χ1v) is 6.70. The average molecular weight is 262 g/mol. The highest BCUT2D eigenvalue weighted by atomic mass is 32.1. The molecule has 1 fully saturated rings. The van der Waals surface area contributed by atoms with Crippen molar-refractivity contribution >= 4 is 17.4 Å². The van der Waals surface area contributed by atoms with Crippen LogP contribution in [0.5, 0.6) is 0 Å². The fourth-order valence-corrected chi connectivity index (χ4v) is 2.52. The highest BCUT2D eigenvalue weighted by molar-refractivity contribution is 7.08. The molecular weight excluding hydrogens is 248 g/mol. The van der Waals surface area contributed by atoms with E-state index in [1.807, 2.05) is 24.3 Å². The van der Waals surface area contributed by atoms with E-state index in [4.69, 9.17) is 0 Å². The number of aryl methyl sites for hydroxylation is 1. The molecule has 3 rings (SSSR count). The first-order valence-electron chi connectivity index (χ1n) is 5.93. The van der Waals surface area contributed by atoms with Gasteiger partial charge in [0.2, 0.25) is 0 Å². The minimum atomic E-state index is 0.0869. The van der Waals surface area contributed by atoms with Crippen LogP contribution < -0.4 is 0 Å². The maximum Gasteiger partial charge on any atom is 0.266 e. The zero-order chi connectivity index (χ0) is 12.5. The summed E-state index contributed by atoms with van der Waals surface area (Å²) in [6.07, 6.45) is 7.65. The van der Waals surface area contributed by atoms with E-state index in [0.717, 1.165) is 18.4 Å². The van der Waals surface area contributed by atoms with Crippen LogP contribution in [0, 0.1) is 0 Å². The molecule has 94 valence electrons. The molecule has 6 heteroatoms. The predicted molar refractivity (Wildman–Crippen MR) is 68.2 cm³/mol. The molecule has 0 aromatic carbocycles. The largest absolute Gasteiger partial charge is 0.330 e. The van der Waals surface area contributed by atoms with E-state index in [2.05, 4.69) is 9.47 Å². The van der Waals surface area contributed by atoms with Crippen LogP contribution in [0.1, 0.15) is 28.1 Å². The van der Waals surface area contributed by atoms with E-state index in [0.29, 0.717) is 17.5 Å². The van der Waals surface area contributed by atoms with E-state index < -0.39 is 0 Å². The van der Waals surface area contributed by atoms with Crippen molar-refractivity contribution in [3.63, 3.8) is 0 Å². The number of rotatable bonds is 4. The zero-order valence-electron chi connectivity index (χ0n) is 10.1. The Morgan fingerprint density at radius 1 is 1.61 bits per heavy atom. The van der Waals surface area contributed by atoms with Crippen LogP contribution in [0.4, 0.5) is 0 Å². The summed E-state index contributed by atoms with van der Waals surface area (Å²) < 4.78 is 5.76. The number of hydrogen-bond donors (Lipinski definition) is 0. The van der Waals surface area contributed by atoms with E-state index >= 15 is 0 Å². The molecular formula is C12H14N4OS. The topological polar surface area (TPSA) is 51.0 Å². The van der Waals surface area contributed by atoms with Crippen molar-refractivity contribution in [3.8, 4) is 0 Å². The molecule has 0 unspecified atom stereocenters. The van der Waals surface area contributed by atoms with Crippen LogP contribution >= 0.6 is 11.5 Å². The van der Waals surface area contributed by atoms with Crippen molar-refractivity contribution in [2.24, 2.45) is 7.05 Å². The fraction of sp³-hybridized carbons (Fsp3) is 0.417. The van der Waals surface area contributed by atoms with Crippen LogP contribution in [0.2, 0.25) is 0 Å². The van der Waals surface area contributed by atoms with Gasteiger partial charge in [0.25, 0.3) is 5.91 Å². The van der Waals surface area contributed by atoms with E-state index in [-0.39, 0.29) is 5.91 Å². The van der Waals surface area contributed by atoms with Gasteiger partial charge in [-0.3, -0.25) is 9.48 Å². The van der Waals surface area contributed by atoms with Crippen LogP contribution in [0.3, 0.4) is 0 Å². The highest BCUT2D eigenvalue weighted by Crippen LogP contribution is 2.30. The number of carbonyl (C=O) groups excluding carboxylic acids is 1. The summed E-state index contributed by atoms with van der Waals surface area (Å²) in [5.41, 5.74) is 1.07. The van der Waals surface area contributed by atoms with Crippen molar-refractivity contribution < 1.29 is 4.79 Å². The maximum absolute atomic E-state index is 12.4. The van der Waals surface area contributed by atoms with Gasteiger partial charge in [-0.15, -0.1) is 0 Å². The van der Waals surface area contributed by atoms with Gasteiger partial charge in [-0.25, -0.2) is 4.37 Å². The molecule has 2 heterocycles. The van der Waals surface area contributed by atoms with Gasteiger partial charge in [0, 0.05) is 37.6 Å². The van der Waals surface area contributed by atoms with Gasteiger partial charge >= 0.3 is 0 Å². The van der Waals surface area contributed by atoms with Crippen molar-refractivity contribution in [1.82, 2.24) is 19.1 Å². The van der Waals surface area contributed by atoms with Gasteiger partial charge in [0.05, 0.1) is 6.20 Å². The Hall–Kier alpha value is -1.69.